The quantitative estimate of drug-likeness (QED) is 0.148. The molecule has 1 heterocycles. The van der Waals surface area contributed by atoms with Crippen LogP contribution in [-0.4, -0.2) is 41.4 Å². The number of aryl methyl sites for hydroxylation is 1. The number of Topliss-reactive ketones (excluding diaryl/α,β-unsaturated/α-hetero) is 1. The first-order valence-electron chi connectivity index (χ1n) is 13.8. The third-order valence-electron chi connectivity index (χ3n) is 7.20. The lowest BCUT2D eigenvalue weighted by Gasteiger charge is -2.26. The van der Waals surface area contributed by atoms with E-state index in [-0.39, 0.29) is 23.3 Å². The molecule has 1 aliphatic rings. The molecule has 1 saturated heterocycles. The van der Waals surface area contributed by atoms with Gasteiger partial charge in [-0.25, -0.2) is 4.79 Å². The van der Waals surface area contributed by atoms with Crippen LogP contribution >= 0.6 is 0 Å². The van der Waals surface area contributed by atoms with Gasteiger partial charge in [0.05, 0.1) is 36.5 Å². The highest BCUT2D eigenvalue weighted by Gasteiger charge is 2.46. The standard InChI is InChI=1S/C34H37NO6/c1-7-17-41-33(39)23-13-11-22(12-14-23)20-35-29(24-10-8-9-21(2)18-24)28(31(37)32(35)38)30(36)26-19-25(34(3,4)5)15-16-27(26)40-6/h8-16,18-19,29,36H,7,17,20H2,1-6H3/b30-28+. The lowest BCUT2D eigenvalue weighted by Crippen LogP contribution is -2.29. The number of benzene rings is 3. The molecule has 0 aliphatic carbocycles. The topological polar surface area (TPSA) is 93.1 Å². The number of rotatable bonds is 8. The fourth-order valence-corrected chi connectivity index (χ4v) is 4.96. The number of hydrogen-bond acceptors (Lipinski definition) is 6. The molecule has 1 unspecified atom stereocenters. The number of esters is 1. The SMILES string of the molecule is CCCOC(=O)c1ccc(CN2C(=O)C(=O)/C(=C(/O)c3cc(C(C)(C)C)ccc3OC)C2c2cccc(C)c2)cc1. The van der Waals surface area contributed by atoms with Gasteiger partial charge in [-0.1, -0.05) is 75.7 Å². The Morgan fingerprint density at radius 1 is 1.00 bits per heavy atom. The number of ether oxygens (including phenoxy) is 2. The summed E-state index contributed by atoms with van der Waals surface area (Å²) < 4.78 is 10.8. The molecule has 1 aliphatic heterocycles. The van der Waals surface area contributed by atoms with Crippen molar-refractivity contribution < 1.29 is 29.0 Å². The third-order valence-corrected chi connectivity index (χ3v) is 7.20. The van der Waals surface area contributed by atoms with Gasteiger partial charge in [-0.05, 0) is 59.7 Å². The van der Waals surface area contributed by atoms with Crippen LogP contribution in [0, 0.1) is 6.92 Å². The maximum atomic E-state index is 13.6. The van der Waals surface area contributed by atoms with E-state index in [1.165, 1.54) is 12.0 Å². The summed E-state index contributed by atoms with van der Waals surface area (Å²) in [6, 6.07) is 19.0. The second kappa shape index (κ2) is 12.0. The van der Waals surface area contributed by atoms with Crippen LogP contribution in [0.3, 0.4) is 0 Å². The molecule has 0 bridgehead atoms. The van der Waals surface area contributed by atoms with Crippen molar-refractivity contribution in [2.24, 2.45) is 0 Å². The van der Waals surface area contributed by atoms with Crippen molar-refractivity contribution >= 4 is 23.4 Å². The molecule has 0 spiro atoms. The predicted octanol–water partition coefficient (Wildman–Crippen LogP) is 6.49. The molecule has 4 rings (SSSR count). The number of amides is 1. The Morgan fingerprint density at radius 3 is 2.32 bits per heavy atom. The van der Waals surface area contributed by atoms with Crippen LogP contribution in [0.2, 0.25) is 0 Å². The molecule has 1 N–H and O–H groups in total. The number of methoxy groups -OCH3 is 1. The zero-order valence-electron chi connectivity index (χ0n) is 24.5. The number of aliphatic hydroxyl groups excluding tert-OH is 1. The minimum atomic E-state index is -0.827. The summed E-state index contributed by atoms with van der Waals surface area (Å²) in [4.78, 5) is 40.8. The first-order chi connectivity index (χ1) is 19.5. The summed E-state index contributed by atoms with van der Waals surface area (Å²) in [6.45, 7) is 10.5. The van der Waals surface area contributed by atoms with Gasteiger partial charge in [0, 0.05) is 6.54 Å². The maximum absolute atomic E-state index is 13.6. The van der Waals surface area contributed by atoms with Gasteiger partial charge in [0.15, 0.2) is 0 Å². The van der Waals surface area contributed by atoms with E-state index in [1.807, 2.05) is 50.2 Å². The van der Waals surface area contributed by atoms with Crippen molar-refractivity contribution in [3.05, 3.63) is 106 Å². The number of likely N-dealkylation sites (tertiary alicyclic amines) is 1. The summed E-state index contributed by atoms with van der Waals surface area (Å²) in [6.07, 6.45) is 0.727. The van der Waals surface area contributed by atoms with Crippen LogP contribution in [0.4, 0.5) is 0 Å². The summed E-state index contributed by atoms with van der Waals surface area (Å²) in [5, 5.41) is 11.7. The van der Waals surface area contributed by atoms with Gasteiger partial charge in [0.2, 0.25) is 0 Å². The van der Waals surface area contributed by atoms with E-state index < -0.39 is 23.7 Å². The van der Waals surface area contributed by atoms with Gasteiger partial charge in [0.25, 0.3) is 11.7 Å². The lowest BCUT2D eigenvalue weighted by molar-refractivity contribution is -0.140. The Morgan fingerprint density at radius 2 is 1.71 bits per heavy atom. The molecule has 7 nitrogen and oxygen atoms in total. The second-order valence-corrected chi connectivity index (χ2v) is 11.3. The normalized spacial score (nSPS) is 16.6. The molecule has 1 fully saturated rings. The van der Waals surface area contributed by atoms with Crippen LogP contribution in [0.5, 0.6) is 5.75 Å². The smallest absolute Gasteiger partial charge is 0.338 e. The average Bonchev–Trinajstić information content (AvgIpc) is 3.20. The lowest BCUT2D eigenvalue weighted by atomic mass is 9.85. The number of carbonyl (C=O) groups excluding carboxylic acids is 3. The van der Waals surface area contributed by atoms with Crippen molar-refractivity contribution in [1.82, 2.24) is 4.90 Å². The highest BCUT2D eigenvalue weighted by Crippen LogP contribution is 2.42. The van der Waals surface area contributed by atoms with Crippen molar-refractivity contribution in [3.63, 3.8) is 0 Å². The Kier molecular flexibility index (Phi) is 8.66. The Balaban J connectivity index is 1.81. The molecule has 1 atom stereocenters. The van der Waals surface area contributed by atoms with E-state index in [4.69, 9.17) is 9.47 Å². The average molecular weight is 556 g/mol. The first-order valence-corrected chi connectivity index (χ1v) is 13.8. The predicted molar refractivity (Wildman–Crippen MR) is 158 cm³/mol. The van der Waals surface area contributed by atoms with Gasteiger partial charge >= 0.3 is 5.97 Å². The Hall–Kier alpha value is -4.39. The molecule has 1 amide bonds. The van der Waals surface area contributed by atoms with E-state index in [0.29, 0.717) is 29.0 Å². The summed E-state index contributed by atoms with van der Waals surface area (Å²) in [5.74, 6) is -1.78. The van der Waals surface area contributed by atoms with Crippen LogP contribution in [0.15, 0.2) is 72.3 Å². The molecule has 41 heavy (non-hydrogen) atoms. The second-order valence-electron chi connectivity index (χ2n) is 11.3. The maximum Gasteiger partial charge on any atom is 0.338 e. The summed E-state index contributed by atoms with van der Waals surface area (Å²) in [5.41, 5.74) is 3.87. The molecule has 0 saturated carbocycles. The molecule has 7 heteroatoms. The fourth-order valence-electron chi connectivity index (χ4n) is 4.96. The van der Waals surface area contributed by atoms with E-state index >= 15 is 0 Å². The van der Waals surface area contributed by atoms with E-state index in [1.54, 1.807) is 30.3 Å². The number of ketones is 1. The Bertz CT molecular complexity index is 1500. The molecule has 214 valence electrons. The number of hydrogen-bond donors (Lipinski definition) is 1. The summed E-state index contributed by atoms with van der Waals surface area (Å²) >= 11 is 0. The van der Waals surface area contributed by atoms with Crippen molar-refractivity contribution in [1.29, 1.82) is 0 Å². The van der Waals surface area contributed by atoms with Gasteiger partial charge in [0.1, 0.15) is 11.5 Å². The molecular weight excluding hydrogens is 518 g/mol. The number of carbonyl (C=O) groups is 3. The molecule has 3 aromatic carbocycles. The van der Waals surface area contributed by atoms with E-state index in [2.05, 4.69) is 20.8 Å². The third kappa shape index (κ3) is 6.19. The fraction of sp³-hybridized carbons (Fsp3) is 0.324. The zero-order chi connectivity index (χ0) is 29.9. The van der Waals surface area contributed by atoms with Gasteiger partial charge in [-0.15, -0.1) is 0 Å². The van der Waals surface area contributed by atoms with E-state index in [9.17, 15) is 19.5 Å². The highest BCUT2D eigenvalue weighted by atomic mass is 16.5. The van der Waals surface area contributed by atoms with Crippen molar-refractivity contribution in [2.75, 3.05) is 13.7 Å². The van der Waals surface area contributed by atoms with Crippen LogP contribution in [0.1, 0.15) is 78.3 Å². The minimum absolute atomic E-state index is 0.00437. The largest absolute Gasteiger partial charge is 0.507 e. The van der Waals surface area contributed by atoms with Crippen LogP contribution in [-0.2, 0) is 26.3 Å². The highest BCUT2D eigenvalue weighted by molar-refractivity contribution is 6.46. The monoisotopic (exact) mass is 555 g/mol. The summed E-state index contributed by atoms with van der Waals surface area (Å²) in [7, 11) is 1.50. The molecular formula is C34H37NO6. The minimum Gasteiger partial charge on any atom is -0.507 e. The molecule has 3 aromatic rings. The van der Waals surface area contributed by atoms with Gasteiger partial charge in [-0.2, -0.15) is 0 Å². The van der Waals surface area contributed by atoms with Crippen molar-refractivity contribution in [2.45, 2.75) is 59.0 Å². The van der Waals surface area contributed by atoms with Gasteiger partial charge in [-0.3, -0.25) is 9.59 Å². The Labute approximate surface area is 241 Å². The first kappa shape index (κ1) is 29.6. The number of aliphatic hydroxyl groups is 1. The molecule has 0 radical (unpaired) electrons. The zero-order valence-corrected chi connectivity index (χ0v) is 24.5. The molecule has 0 aromatic heterocycles. The van der Waals surface area contributed by atoms with Crippen molar-refractivity contribution in [3.8, 4) is 5.75 Å². The van der Waals surface area contributed by atoms with E-state index in [0.717, 1.165) is 23.1 Å². The van der Waals surface area contributed by atoms with Gasteiger partial charge < -0.3 is 19.5 Å². The van der Waals surface area contributed by atoms with Crippen LogP contribution in [0.25, 0.3) is 5.76 Å². The van der Waals surface area contributed by atoms with Crippen LogP contribution < -0.4 is 4.74 Å². The number of nitrogens with zero attached hydrogens (tertiary/aromatic N) is 1.